The number of hydrogen-bond donors (Lipinski definition) is 0. The van der Waals surface area contributed by atoms with Crippen LogP contribution in [0.5, 0.6) is 0 Å². The molecule has 46 heavy (non-hydrogen) atoms. The lowest BCUT2D eigenvalue weighted by Gasteiger charge is -2.46. The molecule has 0 N–H and O–H groups in total. The highest BCUT2D eigenvalue weighted by Gasteiger charge is 2.44. The standard InChI is InChI=1S/C35H44BrClN6O3/c1-5-40-22-38-19-28(40)12-13-41(20-23-6-7-23)33(44)30-21-42(34(45)46-35(2,3)4)14-15-43(30)32-29-11-10-27(37)17-24(29)8-9-25-16-26(36)18-39-31(25)32/h10-11,16-19,22-23,30,32H,5-9,12-15,20-21H2,1-4H3. The zero-order valence-electron chi connectivity index (χ0n) is 27.2. The van der Waals surface area contributed by atoms with Gasteiger partial charge in [-0.2, -0.15) is 0 Å². The van der Waals surface area contributed by atoms with Crippen LogP contribution in [0.15, 0.2) is 47.5 Å². The zero-order valence-corrected chi connectivity index (χ0v) is 29.6. The third kappa shape index (κ3) is 7.44. The lowest BCUT2D eigenvalue weighted by molar-refractivity contribution is -0.140. The molecule has 2 aromatic heterocycles. The average molecular weight is 712 g/mol. The van der Waals surface area contributed by atoms with Gasteiger partial charge in [-0.25, -0.2) is 9.78 Å². The SMILES string of the molecule is CCn1cncc1CCN(CC1CC1)C(=O)C1CN(C(=O)OC(C)(C)C)CCN1C1c2ccc(Cl)cc2CCc2cc(Br)cnc21. The molecule has 2 aliphatic carbocycles. The second kappa shape index (κ2) is 13.6. The molecule has 6 rings (SSSR count). The van der Waals surface area contributed by atoms with Crippen molar-refractivity contribution in [1.29, 1.82) is 0 Å². The number of halogens is 2. The van der Waals surface area contributed by atoms with Gasteiger partial charge in [-0.1, -0.05) is 17.7 Å². The van der Waals surface area contributed by atoms with Gasteiger partial charge in [-0.15, -0.1) is 0 Å². The van der Waals surface area contributed by atoms with E-state index < -0.39 is 11.6 Å². The summed E-state index contributed by atoms with van der Waals surface area (Å²) in [7, 11) is 0. The van der Waals surface area contributed by atoms with E-state index in [4.69, 9.17) is 21.3 Å². The smallest absolute Gasteiger partial charge is 0.410 e. The van der Waals surface area contributed by atoms with Gasteiger partial charge in [-0.3, -0.25) is 14.7 Å². The summed E-state index contributed by atoms with van der Waals surface area (Å²) in [5.41, 5.74) is 4.86. The van der Waals surface area contributed by atoms with Crippen molar-refractivity contribution in [2.24, 2.45) is 5.92 Å². The van der Waals surface area contributed by atoms with Crippen molar-refractivity contribution in [2.45, 2.75) is 84.0 Å². The van der Waals surface area contributed by atoms with Crippen LogP contribution in [0.25, 0.3) is 0 Å². The summed E-state index contributed by atoms with van der Waals surface area (Å²) < 4.78 is 8.86. The van der Waals surface area contributed by atoms with Crippen molar-refractivity contribution in [2.75, 3.05) is 32.7 Å². The molecule has 0 spiro atoms. The number of carbonyl (C=O) groups is 2. The number of carbonyl (C=O) groups excluding carboxylic acids is 2. The summed E-state index contributed by atoms with van der Waals surface area (Å²) in [6.07, 6.45) is 9.84. The Hall–Kier alpha value is -2.95. The molecule has 1 saturated heterocycles. The van der Waals surface area contributed by atoms with Gasteiger partial charge in [0.25, 0.3) is 0 Å². The third-order valence-electron chi connectivity index (χ3n) is 9.24. The fourth-order valence-corrected chi connectivity index (χ4v) is 7.34. The Labute approximate surface area is 285 Å². The Balaban J connectivity index is 1.39. The Morgan fingerprint density at radius 1 is 1.11 bits per heavy atom. The first-order valence-electron chi connectivity index (χ1n) is 16.4. The number of ether oxygens (including phenoxy) is 1. The molecule has 1 aromatic carbocycles. The van der Waals surface area contributed by atoms with Crippen molar-refractivity contribution in [3.63, 3.8) is 0 Å². The molecular formula is C35H44BrClN6O3. The molecule has 1 saturated carbocycles. The number of aryl methyl sites for hydroxylation is 3. The van der Waals surface area contributed by atoms with E-state index in [2.05, 4.69) is 55.5 Å². The van der Waals surface area contributed by atoms with E-state index in [-0.39, 0.29) is 24.6 Å². The van der Waals surface area contributed by atoms with Gasteiger partial charge in [0, 0.05) is 73.3 Å². The van der Waals surface area contributed by atoms with Crippen molar-refractivity contribution in [3.05, 3.63) is 80.6 Å². The topological polar surface area (TPSA) is 83.8 Å². The predicted molar refractivity (Wildman–Crippen MR) is 182 cm³/mol. The van der Waals surface area contributed by atoms with E-state index in [1.54, 1.807) is 4.90 Å². The van der Waals surface area contributed by atoms with Gasteiger partial charge in [-0.05, 0) is 110 Å². The van der Waals surface area contributed by atoms with Crippen molar-refractivity contribution >= 4 is 39.5 Å². The first kappa shape index (κ1) is 33.0. The Morgan fingerprint density at radius 2 is 1.89 bits per heavy atom. The Morgan fingerprint density at radius 3 is 2.63 bits per heavy atom. The highest BCUT2D eigenvalue weighted by molar-refractivity contribution is 9.10. The molecule has 3 aromatic rings. The molecule has 3 heterocycles. The Bertz CT molecular complexity index is 1530. The molecule has 2 amide bonds. The maximum atomic E-state index is 14.9. The number of rotatable bonds is 8. The zero-order chi connectivity index (χ0) is 32.6. The number of hydrogen-bond acceptors (Lipinski definition) is 6. The van der Waals surface area contributed by atoms with Gasteiger partial charge in [0.2, 0.25) is 5.91 Å². The molecule has 3 aliphatic rings. The van der Waals surface area contributed by atoms with E-state index in [0.717, 1.165) is 71.2 Å². The number of amides is 2. The van der Waals surface area contributed by atoms with Crippen LogP contribution in [-0.4, -0.2) is 85.6 Å². The maximum Gasteiger partial charge on any atom is 0.410 e. The van der Waals surface area contributed by atoms with Gasteiger partial charge < -0.3 is 19.1 Å². The molecule has 1 aliphatic heterocycles. The van der Waals surface area contributed by atoms with Crippen molar-refractivity contribution in [3.8, 4) is 0 Å². The summed E-state index contributed by atoms with van der Waals surface area (Å²) in [4.78, 5) is 43.7. The van der Waals surface area contributed by atoms with Crippen molar-refractivity contribution < 1.29 is 14.3 Å². The summed E-state index contributed by atoms with van der Waals surface area (Å²) in [5, 5.41) is 0.696. The fraction of sp³-hybridized carbons (Fsp3) is 0.543. The average Bonchev–Trinajstić information content (AvgIpc) is 3.75. The van der Waals surface area contributed by atoms with Crippen LogP contribution in [0.4, 0.5) is 4.79 Å². The molecule has 2 atom stereocenters. The van der Waals surface area contributed by atoms with Crippen LogP contribution in [0.1, 0.15) is 74.7 Å². The number of nitrogens with zero attached hydrogens (tertiary/aromatic N) is 6. The quantitative estimate of drug-likeness (QED) is 0.273. The van der Waals surface area contributed by atoms with Crippen molar-refractivity contribution in [1.82, 2.24) is 29.2 Å². The molecule has 2 unspecified atom stereocenters. The second-order valence-electron chi connectivity index (χ2n) is 13.8. The van der Waals surface area contributed by atoms with E-state index in [1.165, 1.54) is 0 Å². The van der Waals surface area contributed by atoms with E-state index in [0.29, 0.717) is 37.1 Å². The van der Waals surface area contributed by atoms with Gasteiger partial charge >= 0.3 is 6.09 Å². The number of piperazine rings is 1. The van der Waals surface area contributed by atoms with Crippen LogP contribution in [0.2, 0.25) is 5.02 Å². The summed E-state index contributed by atoms with van der Waals surface area (Å²) in [6.45, 7) is 11.1. The van der Waals surface area contributed by atoms with Crippen LogP contribution >= 0.6 is 27.5 Å². The lowest BCUT2D eigenvalue weighted by Crippen LogP contribution is -2.62. The minimum absolute atomic E-state index is 0.0427. The normalized spacial score (nSPS) is 20.1. The molecular weight excluding hydrogens is 668 g/mol. The minimum Gasteiger partial charge on any atom is -0.444 e. The monoisotopic (exact) mass is 710 g/mol. The largest absolute Gasteiger partial charge is 0.444 e. The van der Waals surface area contributed by atoms with Crippen LogP contribution < -0.4 is 0 Å². The number of pyridine rings is 1. The molecule has 0 bridgehead atoms. The first-order valence-corrected chi connectivity index (χ1v) is 17.6. The van der Waals surface area contributed by atoms with Crippen LogP contribution in [0.3, 0.4) is 0 Å². The summed E-state index contributed by atoms with van der Waals surface area (Å²) in [5.74, 6) is 0.556. The summed E-state index contributed by atoms with van der Waals surface area (Å²) in [6, 6.07) is 7.37. The second-order valence-corrected chi connectivity index (χ2v) is 15.1. The van der Waals surface area contributed by atoms with E-state index in [9.17, 15) is 9.59 Å². The fourth-order valence-electron chi connectivity index (χ4n) is 6.77. The van der Waals surface area contributed by atoms with Gasteiger partial charge in [0.15, 0.2) is 0 Å². The van der Waals surface area contributed by atoms with Crippen LogP contribution in [-0.2, 0) is 35.3 Å². The molecule has 0 radical (unpaired) electrons. The van der Waals surface area contributed by atoms with Crippen LogP contribution in [0, 0.1) is 5.92 Å². The third-order valence-corrected chi connectivity index (χ3v) is 9.91. The van der Waals surface area contributed by atoms with E-state index in [1.807, 2.05) is 50.5 Å². The first-order chi connectivity index (χ1) is 22.0. The predicted octanol–water partition coefficient (Wildman–Crippen LogP) is 6.30. The maximum absolute atomic E-state index is 14.9. The number of fused-ring (bicyclic) bond motifs is 2. The number of imidazole rings is 1. The highest BCUT2D eigenvalue weighted by Crippen LogP contribution is 2.40. The van der Waals surface area contributed by atoms with Gasteiger partial charge in [0.1, 0.15) is 11.6 Å². The van der Waals surface area contributed by atoms with E-state index >= 15 is 0 Å². The summed E-state index contributed by atoms with van der Waals surface area (Å²) >= 11 is 10.1. The molecule has 11 heteroatoms. The minimum atomic E-state index is -0.635. The highest BCUT2D eigenvalue weighted by atomic mass is 79.9. The number of benzene rings is 1. The molecule has 9 nitrogen and oxygen atoms in total. The molecule has 2 fully saturated rings. The number of aromatic nitrogens is 3. The lowest BCUT2D eigenvalue weighted by atomic mass is 9.94. The van der Waals surface area contributed by atoms with Gasteiger partial charge in [0.05, 0.1) is 18.1 Å². The Kier molecular flexibility index (Phi) is 9.78. The molecule has 246 valence electrons.